The fourth-order valence-electron chi connectivity index (χ4n) is 3.08. The van der Waals surface area contributed by atoms with Crippen LogP contribution in [-0.2, 0) is 18.0 Å². The lowest BCUT2D eigenvalue weighted by Crippen LogP contribution is -2.14. The van der Waals surface area contributed by atoms with Crippen LogP contribution in [0.15, 0.2) is 41.8 Å². The maximum Gasteiger partial charge on any atom is 0.186 e. The SMILES string of the molecule is CNS(=O)c1ccc(N(C)C)c(Nc2ncnc3n[nH]c(-c4cnn(C)c4)c23)c1. The van der Waals surface area contributed by atoms with E-state index < -0.39 is 11.0 Å². The number of fused-ring (bicyclic) bond motifs is 1. The number of aromatic nitrogens is 6. The van der Waals surface area contributed by atoms with E-state index in [-0.39, 0.29) is 0 Å². The van der Waals surface area contributed by atoms with Crippen LogP contribution in [0.1, 0.15) is 0 Å². The van der Waals surface area contributed by atoms with Crippen molar-refractivity contribution >= 4 is 39.2 Å². The normalized spacial score (nSPS) is 12.3. The molecule has 3 aromatic heterocycles. The van der Waals surface area contributed by atoms with E-state index in [1.807, 2.05) is 50.4 Å². The van der Waals surface area contributed by atoms with E-state index in [2.05, 4.69) is 35.3 Å². The highest BCUT2D eigenvalue weighted by Crippen LogP contribution is 2.34. The van der Waals surface area contributed by atoms with Gasteiger partial charge in [0, 0.05) is 32.9 Å². The average molecular weight is 411 g/mol. The maximum absolute atomic E-state index is 12.2. The van der Waals surface area contributed by atoms with Gasteiger partial charge in [0.15, 0.2) is 5.65 Å². The number of H-pyrrole nitrogens is 1. The zero-order valence-corrected chi connectivity index (χ0v) is 17.3. The summed E-state index contributed by atoms with van der Waals surface area (Å²) in [5.41, 5.74) is 3.90. The van der Waals surface area contributed by atoms with Gasteiger partial charge in [-0.05, 0) is 25.2 Å². The van der Waals surface area contributed by atoms with Gasteiger partial charge in [0.05, 0.1) is 33.5 Å². The highest BCUT2D eigenvalue weighted by molar-refractivity contribution is 7.83. The van der Waals surface area contributed by atoms with Crippen molar-refractivity contribution in [3.05, 3.63) is 36.9 Å². The smallest absolute Gasteiger partial charge is 0.186 e. The summed E-state index contributed by atoms with van der Waals surface area (Å²) in [5.74, 6) is 0.595. The molecular weight excluding hydrogens is 390 g/mol. The molecule has 0 aliphatic heterocycles. The summed E-state index contributed by atoms with van der Waals surface area (Å²) in [7, 11) is 6.11. The Labute approximate surface area is 170 Å². The minimum Gasteiger partial charge on any atom is -0.376 e. The third-order valence-corrected chi connectivity index (χ3v) is 5.50. The molecule has 29 heavy (non-hydrogen) atoms. The second-order valence-electron chi connectivity index (χ2n) is 6.59. The van der Waals surface area contributed by atoms with Crippen molar-refractivity contribution in [1.82, 2.24) is 34.7 Å². The number of benzene rings is 1. The van der Waals surface area contributed by atoms with E-state index in [4.69, 9.17) is 0 Å². The number of anilines is 3. The second-order valence-corrected chi connectivity index (χ2v) is 8.01. The van der Waals surface area contributed by atoms with Crippen LogP contribution >= 0.6 is 0 Å². The van der Waals surface area contributed by atoms with Crippen LogP contribution in [0.25, 0.3) is 22.3 Å². The molecular formula is C18H21N9OS. The van der Waals surface area contributed by atoms with Gasteiger partial charge in [-0.15, -0.1) is 0 Å². The molecule has 1 unspecified atom stereocenters. The van der Waals surface area contributed by atoms with E-state index in [1.54, 1.807) is 17.9 Å². The third kappa shape index (κ3) is 3.57. The summed E-state index contributed by atoms with van der Waals surface area (Å²) in [6.45, 7) is 0. The van der Waals surface area contributed by atoms with Crippen molar-refractivity contribution in [2.45, 2.75) is 4.90 Å². The Bertz CT molecular complexity index is 1200. The molecule has 11 heteroatoms. The van der Waals surface area contributed by atoms with Gasteiger partial charge in [-0.1, -0.05) is 0 Å². The first-order valence-corrected chi connectivity index (χ1v) is 9.98. The number of aryl methyl sites for hydroxylation is 1. The van der Waals surface area contributed by atoms with Crippen LogP contribution in [0.4, 0.5) is 17.2 Å². The summed E-state index contributed by atoms with van der Waals surface area (Å²) >= 11 is 0. The summed E-state index contributed by atoms with van der Waals surface area (Å²) < 4.78 is 16.7. The minimum absolute atomic E-state index is 0.544. The summed E-state index contributed by atoms with van der Waals surface area (Å²) in [6, 6.07) is 5.60. The quantitative estimate of drug-likeness (QED) is 0.443. The fourth-order valence-corrected chi connectivity index (χ4v) is 3.73. The molecule has 1 atom stereocenters. The van der Waals surface area contributed by atoms with Gasteiger partial charge in [0.25, 0.3) is 0 Å². The summed E-state index contributed by atoms with van der Waals surface area (Å²) in [4.78, 5) is 11.3. The van der Waals surface area contributed by atoms with Crippen LogP contribution in [0.3, 0.4) is 0 Å². The first-order chi connectivity index (χ1) is 14.0. The second kappa shape index (κ2) is 7.60. The first kappa shape index (κ1) is 19.0. The Balaban J connectivity index is 1.84. The lowest BCUT2D eigenvalue weighted by atomic mass is 10.2. The van der Waals surface area contributed by atoms with E-state index >= 15 is 0 Å². The predicted octanol–water partition coefficient (Wildman–Crippen LogP) is 1.80. The van der Waals surface area contributed by atoms with Crippen molar-refractivity contribution in [1.29, 1.82) is 0 Å². The number of nitrogens with one attached hydrogen (secondary N) is 3. The molecule has 0 spiro atoms. The van der Waals surface area contributed by atoms with Crippen molar-refractivity contribution in [2.24, 2.45) is 7.05 Å². The minimum atomic E-state index is -1.30. The molecule has 0 bridgehead atoms. The highest BCUT2D eigenvalue weighted by Gasteiger charge is 2.17. The molecule has 0 aliphatic carbocycles. The van der Waals surface area contributed by atoms with Crippen LogP contribution in [0.5, 0.6) is 0 Å². The van der Waals surface area contributed by atoms with E-state index in [0.29, 0.717) is 16.4 Å². The molecule has 1 aromatic carbocycles. The van der Waals surface area contributed by atoms with Crippen LogP contribution in [-0.4, -0.2) is 55.3 Å². The Kier molecular flexibility index (Phi) is 4.99. The molecule has 150 valence electrons. The fraction of sp³-hybridized carbons (Fsp3) is 0.222. The van der Waals surface area contributed by atoms with Gasteiger partial charge < -0.3 is 10.2 Å². The molecule has 0 saturated heterocycles. The summed E-state index contributed by atoms with van der Waals surface area (Å²) in [6.07, 6.45) is 5.11. The van der Waals surface area contributed by atoms with Crippen LogP contribution in [0, 0.1) is 0 Å². The molecule has 0 radical (unpaired) electrons. The van der Waals surface area contributed by atoms with Crippen molar-refractivity contribution in [3.8, 4) is 11.3 Å². The third-order valence-electron chi connectivity index (χ3n) is 4.45. The molecule has 0 saturated carbocycles. The monoisotopic (exact) mass is 411 g/mol. The molecule has 10 nitrogen and oxygen atoms in total. The number of hydrogen-bond donors (Lipinski definition) is 3. The molecule has 3 N–H and O–H groups in total. The van der Waals surface area contributed by atoms with Gasteiger partial charge in [0.2, 0.25) is 0 Å². The lowest BCUT2D eigenvalue weighted by molar-refractivity contribution is 0.678. The number of nitrogens with zero attached hydrogens (tertiary/aromatic N) is 6. The average Bonchev–Trinajstić information content (AvgIpc) is 3.33. The first-order valence-electron chi connectivity index (χ1n) is 8.83. The Morgan fingerprint density at radius 2 is 2.07 bits per heavy atom. The van der Waals surface area contributed by atoms with Crippen molar-refractivity contribution in [2.75, 3.05) is 31.4 Å². The molecule has 3 heterocycles. The van der Waals surface area contributed by atoms with Crippen LogP contribution < -0.4 is 14.9 Å². The van der Waals surface area contributed by atoms with Gasteiger partial charge >= 0.3 is 0 Å². The van der Waals surface area contributed by atoms with E-state index in [1.165, 1.54) is 6.33 Å². The number of hydrogen-bond acceptors (Lipinski definition) is 7. The zero-order chi connectivity index (χ0) is 20.5. The van der Waals surface area contributed by atoms with Gasteiger partial charge in [-0.2, -0.15) is 10.2 Å². The Morgan fingerprint density at radius 3 is 2.76 bits per heavy atom. The number of aromatic amines is 1. The van der Waals surface area contributed by atoms with Gasteiger partial charge in [-0.3, -0.25) is 9.78 Å². The largest absolute Gasteiger partial charge is 0.376 e. The standard InChI is InChI=1S/C18H21N9OS/c1-19-29(28)12-5-6-14(26(2)3)13(7-12)23-17-15-16(11-8-22-27(4)9-11)24-25-18(15)21-10-20-17/h5-10,19H,1-4H3,(H2,20,21,23,24,25). The maximum atomic E-state index is 12.2. The van der Waals surface area contributed by atoms with E-state index in [9.17, 15) is 4.21 Å². The summed E-state index contributed by atoms with van der Waals surface area (Å²) in [5, 5.41) is 15.7. The van der Waals surface area contributed by atoms with Gasteiger partial charge in [-0.25, -0.2) is 18.9 Å². The van der Waals surface area contributed by atoms with Gasteiger partial charge in [0.1, 0.15) is 23.1 Å². The molecule has 0 amide bonds. The highest BCUT2D eigenvalue weighted by atomic mass is 32.2. The topological polar surface area (TPSA) is 117 Å². The van der Waals surface area contributed by atoms with Crippen LogP contribution in [0.2, 0.25) is 0 Å². The predicted molar refractivity (Wildman–Crippen MR) is 113 cm³/mol. The zero-order valence-electron chi connectivity index (χ0n) is 16.5. The van der Waals surface area contributed by atoms with Crippen molar-refractivity contribution < 1.29 is 4.21 Å². The Hall–Kier alpha value is -3.31. The number of rotatable bonds is 6. The molecule has 4 aromatic rings. The molecule has 0 fully saturated rings. The lowest BCUT2D eigenvalue weighted by Gasteiger charge is -2.19. The van der Waals surface area contributed by atoms with Crippen molar-refractivity contribution in [3.63, 3.8) is 0 Å². The molecule has 4 rings (SSSR count). The Morgan fingerprint density at radius 1 is 1.24 bits per heavy atom. The van der Waals surface area contributed by atoms with E-state index in [0.717, 1.165) is 28.0 Å². The molecule has 0 aliphatic rings.